The van der Waals surface area contributed by atoms with E-state index in [1.165, 1.54) is 37.8 Å². The number of aryl methyl sites for hydroxylation is 1. The zero-order valence-corrected chi connectivity index (χ0v) is 10.4. The van der Waals surface area contributed by atoms with Crippen LogP contribution in [0.2, 0.25) is 0 Å². The summed E-state index contributed by atoms with van der Waals surface area (Å²) in [6.45, 7) is 6.67. The minimum atomic E-state index is 0.585. The molecule has 2 rings (SSSR count). The van der Waals surface area contributed by atoms with Crippen molar-refractivity contribution in [1.82, 2.24) is 15.1 Å². The normalized spacial score (nSPS) is 21.6. The second-order valence-electron chi connectivity index (χ2n) is 5.13. The lowest BCUT2D eigenvalue weighted by Gasteiger charge is -2.23. The summed E-state index contributed by atoms with van der Waals surface area (Å²) in [7, 11) is 0. The molecule has 0 spiro atoms. The lowest BCUT2D eigenvalue weighted by Crippen LogP contribution is -2.34. The van der Waals surface area contributed by atoms with Crippen molar-refractivity contribution in [3.8, 4) is 0 Å². The summed E-state index contributed by atoms with van der Waals surface area (Å²) in [6.07, 6.45) is 9.45. The number of hydrogen-bond acceptors (Lipinski definition) is 2. The molecule has 1 saturated heterocycles. The Morgan fingerprint density at radius 2 is 2.38 bits per heavy atom. The van der Waals surface area contributed by atoms with Gasteiger partial charge < -0.3 is 5.32 Å². The molecule has 0 amide bonds. The molecule has 1 atom stereocenters. The summed E-state index contributed by atoms with van der Waals surface area (Å²) in [5, 5.41) is 7.99. The Morgan fingerprint density at radius 3 is 3.00 bits per heavy atom. The first-order valence-corrected chi connectivity index (χ1v) is 6.51. The molecular weight excluding hydrogens is 198 g/mol. The summed E-state index contributed by atoms with van der Waals surface area (Å²) in [5.41, 5.74) is 1.34. The van der Waals surface area contributed by atoms with Crippen LogP contribution in [-0.2, 0) is 6.54 Å². The zero-order chi connectivity index (χ0) is 11.4. The monoisotopic (exact) mass is 221 g/mol. The lowest BCUT2D eigenvalue weighted by atomic mass is 10.0. The minimum absolute atomic E-state index is 0.585. The maximum atomic E-state index is 4.41. The van der Waals surface area contributed by atoms with E-state index in [0.29, 0.717) is 12.0 Å². The number of hydrogen-bond donors (Lipinski definition) is 1. The quantitative estimate of drug-likeness (QED) is 0.846. The van der Waals surface area contributed by atoms with Crippen LogP contribution in [0.1, 0.15) is 51.0 Å². The van der Waals surface area contributed by atoms with E-state index in [0.717, 1.165) is 6.54 Å². The zero-order valence-electron chi connectivity index (χ0n) is 10.4. The molecule has 90 valence electrons. The lowest BCUT2D eigenvalue weighted by molar-refractivity contribution is 0.360. The number of nitrogens with one attached hydrogen (secondary N) is 1. The fourth-order valence-corrected chi connectivity index (χ4v) is 2.26. The van der Waals surface area contributed by atoms with E-state index >= 15 is 0 Å². The highest BCUT2D eigenvalue weighted by atomic mass is 15.3. The summed E-state index contributed by atoms with van der Waals surface area (Å²) >= 11 is 0. The van der Waals surface area contributed by atoms with E-state index in [1.807, 2.05) is 6.20 Å². The van der Waals surface area contributed by atoms with Crippen LogP contribution in [0, 0.1) is 0 Å². The topological polar surface area (TPSA) is 29.9 Å². The Bertz CT molecular complexity index is 311. The SMILES string of the molecule is CC(C)c1cnn(CCC2CCCCN2)c1. The Hall–Kier alpha value is -0.830. The first-order valence-electron chi connectivity index (χ1n) is 6.51. The number of rotatable bonds is 4. The highest BCUT2D eigenvalue weighted by Crippen LogP contribution is 2.14. The molecule has 2 heterocycles. The van der Waals surface area contributed by atoms with Gasteiger partial charge in [0.15, 0.2) is 0 Å². The van der Waals surface area contributed by atoms with Gasteiger partial charge >= 0.3 is 0 Å². The summed E-state index contributed by atoms with van der Waals surface area (Å²) < 4.78 is 2.09. The van der Waals surface area contributed by atoms with Crippen molar-refractivity contribution in [2.45, 2.75) is 58.0 Å². The molecule has 0 aliphatic carbocycles. The molecule has 1 unspecified atom stereocenters. The highest BCUT2D eigenvalue weighted by molar-refractivity contribution is 5.08. The van der Waals surface area contributed by atoms with Gasteiger partial charge in [0.1, 0.15) is 0 Å². The molecule has 0 radical (unpaired) electrons. The summed E-state index contributed by atoms with van der Waals surface area (Å²) in [4.78, 5) is 0. The van der Waals surface area contributed by atoms with E-state index in [9.17, 15) is 0 Å². The van der Waals surface area contributed by atoms with Gasteiger partial charge in [0.05, 0.1) is 6.20 Å². The van der Waals surface area contributed by atoms with Gasteiger partial charge in [-0.2, -0.15) is 5.10 Å². The van der Waals surface area contributed by atoms with Crippen LogP contribution in [0.4, 0.5) is 0 Å². The maximum absolute atomic E-state index is 4.41. The number of nitrogens with zero attached hydrogens (tertiary/aromatic N) is 2. The van der Waals surface area contributed by atoms with E-state index in [4.69, 9.17) is 0 Å². The van der Waals surface area contributed by atoms with Crippen LogP contribution in [0.3, 0.4) is 0 Å². The molecule has 1 fully saturated rings. The molecule has 3 nitrogen and oxygen atoms in total. The fourth-order valence-electron chi connectivity index (χ4n) is 2.26. The molecule has 0 saturated carbocycles. The summed E-state index contributed by atoms with van der Waals surface area (Å²) in [6, 6.07) is 0.709. The van der Waals surface area contributed by atoms with Crippen molar-refractivity contribution < 1.29 is 0 Å². The molecular formula is C13H23N3. The maximum Gasteiger partial charge on any atom is 0.0524 e. The largest absolute Gasteiger partial charge is 0.314 e. The average molecular weight is 221 g/mol. The molecule has 1 aliphatic rings. The van der Waals surface area contributed by atoms with E-state index in [-0.39, 0.29) is 0 Å². The first-order chi connectivity index (χ1) is 7.75. The third kappa shape index (κ3) is 3.08. The van der Waals surface area contributed by atoms with Crippen molar-refractivity contribution in [2.75, 3.05) is 6.54 Å². The van der Waals surface area contributed by atoms with Crippen LogP contribution in [0.15, 0.2) is 12.4 Å². The van der Waals surface area contributed by atoms with E-state index < -0.39 is 0 Å². The third-order valence-electron chi connectivity index (χ3n) is 3.44. The standard InChI is InChI=1S/C13H23N3/c1-11(2)12-9-15-16(10-12)8-6-13-5-3-4-7-14-13/h9-11,13-14H,3-8H2,1-2H3. The van der Waals surface area contributed by atoms with Crippen LogP contribution in [0.5, 0.6) is 0 Å². The van der Waals surface area contributed by atoms with Crippen LogP contribution in [0.25, 0.3) is 0 Å². The molecule has 0 bridgehead atoms. The van der Waals surface area contributed by atoms with Gasteiger partial charge in [0.2, 0.25) is 0 Å². The second-order valence-corrected chi connectivity index (χ2v) is 5.13. The van der Waals surface area contributed by atoms with Crippen LogP contribution in [-0.4, -0.2) is 22.4 Å². The molecule has 1 aromatic rings. The van der Waals surface area contributed by atoms with Crippen molar-refractivity contribution in [1.29, 1.82) is 0 Å². The average Bonchev–Trinajstić information content (AvgIpc) is 2.76. The van der Waals surface area contributed by atoms with Gasteiger partial charge in [-0.25, -0.2) is 0 Å². The molecule has 3 heteroatoms. The summed E-state index contributed by atoms with van der Waals surface area (Å²) in [5.74, 6) is 0.585. The fraction of sp³-hybridized carbons (Fsp3) is 0.769. The smallest absolute Gasteiger partial charge is 0.0524 e. The predicted molar refractivity (Wildman–Crippen MR) is 66.6 cm³/mol. The van der Waals surface area contributed by atoms with Gasteiger partial charge in [-0.1, -0.05) is 20.3 Å². The van der Waals surface area contributed by atoms with Gasteiger partial charge in [-0.05, 0) is 37.3 Å². The third-order valence-corrected chi connectivity index (χ3v) is 3.44. The molecule has 16 heavy (non-hydrogen) atoms. The number of piperidine rings is 1. The van der Waals surface area contributed by atoms with Gasteiger partial charge in [0, 0.05) is 18.8 Å². The van der Waals surface area contributed by atoms with Gasteiger partial charge in [0.25, 0.3) is 0 Å². The Kier molecular flexibility index (Phi) is 3.99. The van der Waals surface area contributed by atoms with Gasteiger partial charge in [-0.15, -0.1) is 0 Å². The molecule has 0 aromatic carbocycles. The highest BCUT2D eigenvalue weighted by Gasteiger charge is 2.12. The van der Waals surface area contributed by atoms with Crippen LogP contribution < -0.4 is 5.32 Å². The second kappa shape index (κ2) is 5.48. The Balaban J connectivity index is 1.79. The number of aromatic nitrogens is 2. The Labute approximate surface area is 98.2 Å². The first kappa shape index (κ1) is 11.6. The molecule has 1 aromatic heterocycles. The van der Waals surface area contributed by atoms with Crippen molar-refractivity contribution >= 4 is 0 Å². The molecule has 1 N–H and O–H groups in total. The van der Waals surface area contributed by atoms with E-state index in [1.54, 1.807) is 0 Å². The molecule has 1 aliphatic heterocycles. The Morgan fingerprint density at radius 1 is 1.50 bits per heavy atom. The van der Waals surface area contributed by atoms with E-state index in [2.05, 4.69) is 35.1 Å². The van der Waals surface area contributed by atoms with Crippen molar-refractivity contribution in [3.63, 3.8) is 0 Å². The van der Waals surface area contributed by atoms with Crippen LogP contribution >= 0.6 is 0 Å². The van der Waals surface area contributed by atoms with Crippen molar-refractivity contribution in [3.05, 3.63) is 18.0 Å². The van der Waals surface area contributed by atoms with Crippen molar-refractivity contribution in [2.24, 2.45) is 0 Å². The minimum Gasteiger partial charge on any atom is -0.314 e. The van der Waals surface area contributed by atoms with Gasteiger partial charge in [-0.3, -0.25) is 4.68 Å². The predicted octanol–water partition coefficient (Wildman–Crippen LogP) is 2.54.